The molecule has 8 heteroatoms. The summed E-state index contributed by atoms with van der Waals surface area (Å²) in [5.74, 6) is -0.340. The van der Waals surface area contributed by atoms with Gasteiger partial charge in [-0.25, -0.2) is 4.39 Å². The Labute approximate surface area is 185 Å². The van der Waals surface area contributed by atoms with Crippen molar-refractivity contribution in [3.63, 3.8) is 0 Å². The van der Waals surface area contributed by atoms with Gasteiger partial charge in [-0.2, -0.15) is 0 Å². The number of fused-ring (bicyclic) bond motifs is 1. The summed E-state index contributed by atoms with van der Waals surface area (Å²) in [6.07, 6.45) is 2.71. The molecule has 32 heavy (non-hydrogen) atoms. The van der Waals surface area contributed by atoms with Crippen molar-refractivity contribution in [2.24, 2.45) is 0 Å². The first-order valence-corrected chi connectivity index (χ1v) is 10.5. The number of aromatic nitrogens is 2. The van der Waals surface area contributed by atoms with Crippen molar-refractivity contribution < 1.29 is 18.5 Å². The number of benzene rings is 1. The maximum absolute atomic E-state index is 13.9. The molecule has 166 valence electrons. The summed E-state index contributed by atoms with van der Waals surface area (Å²) >= 11 is 0. The molecule has 0 aliphatic carbocycles. The fourth-order valence-electron chi connectivity index (χ4n) is 4.10. The lowest BCUT2D eigenvalue weighted by Gasteiger charge is -2.30. The molecule has 0 bridgehead atoms. The average molecular weight is 436 g/mol. The van der Waals surface area contributed by atoms with Gasteiger partial charge in [-0.15, -0.1) is 0 Å². The van der Waals surface area contributed by atoms with Gasteiger partial charge in [0.05, 0.1) is 17.7 Å². The molecule has 7 nitrogen and oxygen atoms in total. The van der Waals surface area contributed by atoms with E-state index in [1.807, 2.05) is 25.7 Å². The molecule has 0 atom stereocenters. The zero-order valence-electron chi connectivity index (χ0n) is 18.4. The minimum Gasteiger partial charge on any atom is -0.361 e. The third-order valence-corrected chi connectivity index (χ3v) is 6.00. The SMILES string of the molecule is Cc1noc(C)c1CC(=O)N1CCc2c(cnc(C)c2CNC(=O)c2ccccc2F)C1. The molecule has 1 N–H and O–H groups in total. The molecular formula is C24H25FN4O3. The van der Waals surface area contributed by atoms with Crippen LogP contribution in [0.1, 0.15) is 49.8 Å². The molecule has 0 unspecified atom stereocenters. The summed E-state index contributed by atoms with van der Waals surface area (Å²) in [5.41, 5.74) is 5.37. The molecule has 4 rings (SSSR count). The van der Waals surface area contributed by atoms with Crippen molar-refractivity contribution in [1.82, 2.24) is 20.4 Å². The summed E-state index contributed by atoms with van der Waals surface area (Å²) < 4.78 is 19.1. The molecule has 0 saturated heterocycles. The first kappa shape index (κ1) is 21.7. The number of aryl methyl sites for hydroxylation is 3. The Morgan fingerprint density at radius 1 is 1.16 bits per heavy atom. The molecule has 3 aromatic rings. The fraction of sp³-hybridized carbons (Fsp3) is 0.333. The minimum absolute atomic E-state index is 0.0130. The summed E-state index contributed by atoms with van der Waals surface area (Å²) in [6.45, 7) is 6.82. The van der Waals surface area contributed by atoms with Crippen LogP contribution in [0.4, 0.5) is 4.39 Å². The maximum Gasteiger partial charge on any atom is 0.254 e. The topological polar surface area (TPSA) is 88.3 Å². The first-order chi connectivity index (χ1) is 15.3. The number of pyridine rings is 1. The highest BCUT2D eigenvalue weighted by molar-refractivity contribution is 5.94. The zero-order valence-corrected chi connectivity index (χ0v) is 18.4. The fourth-order valence-corrected chi connectivity index (χ4v) is 4.10. The van der Waals surface area contributed by atoms with E-state index < -0.39 is 11.7 Å². The third kappa shape index (κ3) is 4.26. The highest BCUT2D eigenvalue weighted by atomic mass is 19.1. The van der Waals surface area contributed by atoms with Crippen LogP contribution in [0, 0.1) is 26.6 Å². The van der Waals surface area contributed by atoms with Crippen LogP contribution < -0.4 is 5.32 Å². The van der Waals surface area contributed by atoms with Gasteiger partial charge in [-0.1, -0.05) is 17.3 Å². The van der Waals surface area contributed by atoms with Crippen molar-refractivity contribution in [3.05, 3.63) is 81.2 Å². The first-order valence-electron chi connectivity index (χ1n) is 10.5. The molecule has 3 heterocycles. The van der Waals surface area contributed by atoms with Gasteiger partial charge in [0.25, 0.3) is 5.91 Å². The van der Waals surface area contributed by atoms with Crippen LogP contribution in [-0.4, -0.2) is 33.4 Å². The lowest BCUT2D eigenvalue weighted by atomic mass is 9.94. The molecule has 0 radical (unpaired) electrons. The summed E-state index contributed by atoms with van der Waals surface area (Å²) in [6, 6.07) is 5.90. The predicted octanol–water partition coefficient (Wildman–Crippen LogP) is 3.19. The number of carbonyl (C=O) groups excluding carboxylic acids is 2. The molecule has 1 aliphatic rings. The van der Waals surface area contributed by atoms with Crippen LogP contribution in [-0.2, 0) is 30.7 Å². The van der Waals surface area contributed by atoms with E-state index in [2.05, 4.69) is 15.5 Å². The van der Waals surface area contributed by atoms with E-state index in [-0.39, 0.29) is 24.4 Å². The number of carbonyl (C=O) groups is 2. The van der Waals surface area contributed by atoms with Gasteiger partial charge in [0, 0.05) is 37.1 Å². The van der Waals surface area contributed by atoms with E-state index in [0.29, 0.717) is 25.3 Å². The average Bonchev–Trinajstić information content (AvgIpc) is 3.10. The molecule has 0 saturated carbocycles. The molecular weight excluding hydrogens is 411 g/mol. The Morgan fingerprint density at radius 2 is 1.94 bits per heavy atom. The Balaban J connectivity index is 1.47. The van der Waals surface area contributed by atoms with E-state index in [4.69, 9.17) is 4.52 Å². The van der Waals surface area contributed by atoms with Crippen molar-refractivity contribution in [3.8, 4) is 0 Å². The highest BCUT2D eigenvalue weighted by Gasteiger charge is 2.25. The monoisotopic (exact) mass is 436 g/mol. The molecule has 1 aliphatic heterocycles. The van der Waals surface area contributed by atoms with Crippen LogP contribution >= 0.6 is 0 Å². The predicted molar refractivity (Wildman–Crippen MR) is 115 cm³/mol. The quantitative estimate of drug-likeness (QED) is 0.664. The smallest absolute Gasteiger partial charge is 0.254 e. The highest BCUT2D eigenvalue weighted by Crippen LogP contribution is 2.25. The van der Waals surface area contributed by atoms with Crippen LogP contribution in [0.2, 0.25) is 0 Å². The van der Waals surface area contributed by atoms with Crippen LogP contribution in [0.15, 0.2) is 35.0 Å². The lowest BCUT2D eigenvalue weighted by Crippen LogP contribution is -2.38. The number of amides is 2. The molecule has 0 spiro atoms. The van der Waals surface area contributed by atoms with Gasteiger partial charge in [0.2, 0.25) is 5.91 Å². The van der Waals surface area contributed by atoms with E-state index in [1.54, 1.807) is 18.3 Å². The standard InChI is InChI=1S/C24H25FN4O3/c1-14-21(12-27-24(31)19-6-4-5-7-22(19)25)18-8-9-29(13-17(18)11-26-14)23(30)10-20-15(2)28-32-16(20)3/h4-7,11H,8-10,12-13H2,1-3H3,(H,27,31). The normalized spacial score (nSPS) is 13.1. The van der Waals surface area contributed by atoms with Gasteiger partial charge in [0.15, 0.2) is 0 Å². The molecule has 1 aromatic carbocycles. The second-order valence-corrected chi connectivity index (χ2v) is 8.03. The third-order valence-electron chi connectivity index (χ3n) is 6.00. The Morgan fingerprint density at radius 3 is 2.66 bits per heavy atom. The number of hydrogen-bond acceptors (Lipinski definition) is 5. The second kappa shape index (κ2) is 8.90. The van der Waals surface area contributed by atoms with Gasteiger partial charge in [0.1, 0.15) is 11.6 Å². The van der Waals surface area contributed by atoms with Crippen molar-refractivity contribution >= 4 is 11.8 Å². The van der Waals surface area contributed by atoms with Gasteiger partial charge < -0.3 is 14.7 Å². The van der Waals surface area contributed by atoms with Gasteiger partial charge in [-0.05, 0) is 56.0 Å². The molecule has 2 amide bonds. The lowest BCUT2D eigenvalue weighted by molar-refractivity contribution is -0.131. The maximum atomic E-state index is 13.9. The number of nitrogens with one attached hydrogen (secondary N) is 1. The van der Waals surface area contributed by atoms with E-state index in [9.17, 15) is 14.0 Å². The van der Waals surface area contributed by atoms with E-state index >= 15 is 0 Å². The van der Waals surface area contributed by atoms with Crippen LogP contribution in [0.25, 0.3) is 0 Å². The Kier molecular flexibility index (Phi) is 6.03. The van der Waals surface area contributed by atoms with Gasteiger partial charge >= 0.3 is 0 Å². The van der Waals surface area contributed by atoms with Crippen molar-refractivity contribution in [2.45, 2.75) is 46.7 Å². The largest absolute Gasteiger partial charge is 0.361 e. The molecule has 2 aromatic heterocycles. The summed E-state index contributed by atoms with van der Waals surface area (Å²) in [5, 5.41) is 6.73. The van der Waals surface area contributed by atoms with Crippen LogP contribution in [0.3, 0.4) is 0 Å². The second-order valence-electron chi connectivity index (χ2n) is 8.03. The Hall–Kier alpha value is -3.55. The number of hydrogen-bond donors (Lipinski definition) is 1. The number of rotatable bonds is 5. The van der Waals surface area contributed by atoms with Crippen molar-refractivity contribution in [1.29, 1.82) is 0 Å². The number of halogens is 1. The summed E-state index contributed by atoms with van der Waals surface area (Å²) in [7, 11) is 0. The van der Waals surface area contributed by atoms with Gasteiger partial charge in [-0.3, -0.25) is 14.6 Å². The zero-order chi connectivity index (χ0) is 22.8. The van der Waals surface area contributed by atoms with E-state index in [0.717, 1.165) is 33.6 Å². The minimum atomic E-state index is -0.553. The van der Waals surface area contributed by atoms with E-state index in [1.165, 1.54) is 12.1 Å². The summed E-state index contributed by atoms with van der Waals surface area (Å²) in [4.78, 5) is 31.6. The molecule has 0 fully saturated rings. The van der Waals surface area contributed by atoms with Crippen LogP contribution in [0.5, 0.6) is 0 Å². The van der Waals surface area contributed by atoms with Crippen molar-refractivity contribution in [2.75, 3.05) is 6.54 Å². The number of nitrogens with zero attached hydrogens (tertiary/aromatic N) is 3. The Bertz CT molecular complexity index is 1170.